The summed E-state index contributed by atoms with van der Waals surface area (Å²) in [5.74, 6) is 1.20. The van der Waals surface area contributed by atoms with Crippen LogP contribution < -0.4 is 4.74 Å². The molecular formula is C24H30ClN3O3. The molecule has 2 saturated heterocycles. The lowest BCUT2D eigenvalue weighted by molar-refractivity contribution is -0.173. The van der Waals surface area contributed by atoms with Crippen LogP contribution in [0.15, 0.2) is 30.6 Å². The van der Waals surface area contributed by atoms with Crippen molar-refractivity contribution in [3.8, 4) is 5.75 Å². The first kappa shape index (κ1) is 20.8. The Bertz CT molecular complexity index is 994. The number of hydrogen-bond donors (Lipinski definition) is 0. The molecule has 31 heavy (non-hydrogen) atoms. The van der Waals surface area contributed by atoms with E-state index in [1.54, 1.807) is 10.9 Å². The summed E-state index contributed by atoms with van der Waals surface area (Å²) in [6.45, 7) is 9.32. The van der Waals surface area contributed by atoms with Crippen molar-refractivity contribution >= 4 is 17.5 Å². The summed E-state index contributed by atoms with van der Waals surface area (Å²) in [5, 5.41) is 4.96. The summed E-state index contributed by atoms with van der Waals surface area (Å²) in [5.41, 5.74) is 1.50. The number of benzene rings is 1. The number of amides is 1. The number of halogens is 1. The number of aryl methyl sites for hydroxylation is 1. The van der Waals surface area contributed by atoms with Gasteiger partial charge in [-0.25, -0.2) is 0 Å². The van der Waals surface area contributed by atoms with E-state index in [-0.39, 0.29) is 28.9 Å². The van der Waals surface area contributed by atoms with Gasteiger partial charge in [-0.1, -0.05) is 11.6 Å². The summed E-state index contributed by atoms with van der Waals surface area (Å²) in [4.78, 5) is 14.9. The van der Waals surface area contributed by atoms with Crippen LogP contribution in [-0.4, -0.2) is 45.9 Å². The van der Waals surface area contributed by atoms with Crippen LogP contribution in [0.3, 0.4) is 0 Å². The minimum absolute atomic E-state index is 0.00243. The average Bonchev–Trinajstić information content (AvgIpc) is 3.24. The van der Waals surface area contributed by atoms with E-state index in [0.717, 1.165) is 50.2 Å². The molecule has 3 aliphatic heterocycles. The van der Waals surface area contributed by atoms with Crippen molar-refractivity contribution in [1.29, 1.82) is 0 Å². The molecule has 1 spiro atoms. The van der Waals surface area contributed by atoms with Crippen LogP contribution in [0.5, 0.6) is 5.75 Å². The van der Waals surface area contributed by atoms with Crippen LogP contribution in [0.4, 0.5) is 0 Å². The number of hydrogen-bond acceptors (Lipinski definition) is 4. The smallest absolute Gasteiger partial charge is 0.257 e. The SMILES string of the molecule is CCn1cc(C(=O)N2CCC3(CC2)CO[C@@H]2c4cc(Cl)ccc4OC(C)(C)[C@H]2C3)cn1. The molecule has 1 aromatic heterocycles. The zero-order chi connectivity index (χ0) is 21.8. The van der Waals surface area contributed by atoms with Gasteiger partial charge >= 0.3 is 0 Å². The number of carbonyl (C=O) groups excluding carboxylic acids is 1. The van der Waals surface area contributed by atoms with Crippen molar-refractivity contribution in [3.05, 3.63) is 46.7 Å². The zero-order valence-corrected chi connectivity index (χ0v) is 19.2. The maximum absolute atomic E-state index is 12.9. The van der Waals surface area contributed by atoms with Crippen molar-refractivity contribution in [2.24, 2.45) is 11.3 Å². The highest BCUT2D eigenvalue weighted by Gasteiger charge is 2.53. The van der Waals surface area contributed by atoms with Gasteiger partial charge in [-0.3, -0.25) is 9.48 Å². The molecule has 0 N–H and O–H groups in total. The monoisotopic (exact) mass is 443 g/mol. The number of piperidine rings is 1. The molecule has 0 unspecified atom stereocenters. The fourth-order valence-corrected chi connectivity index (χ4v) is 5.67. The first-order valence-electron chi connectivity index (χ1n) is 11.2. The van der Waals surface area contributed by atoms with E-state index in [9.17, 15) is 4.79 Å². The molecule has 4 heterocycles. The van der Waals surface area contributed by atoms with Crippen molar-refractivity contribution in [2.75, 3.05) is 19.7 Å². The van der Waals surface area contributed by atoms with Gasteiger partial charge in [-0.2, -0.15) is 5.10 Å². The van der Waals surface area contributed by atoms with Crippen molar-refractivity contribution in [1.82, 2.24) is 14.7 Å². The fraction of sp³-hybridized carbons (Fsp3) is 0.583. The molecule has 0 radical (unpaired) electrons. The highest BCUT2D eigenvalue weighted by Crippen LogP contribution is 2.55. The average molecular weight is 444 g/mol. The fourth-order valence-electron chi connectivity index (χ4n) is 5.49. The predicted molar refractivity (Wildman–Crippen MR) is 118 cm³/mol. The third-order valence-corrected chi connectivity index (χ3v) is 7.68. The van der Waals surface area contributed by atoms with Crippen LogP contribution in [0.1, 0.15) is 62.1 Å². The Kier molecular flexibility index (Phi) is 5.05. The molecule has 1 amide bonds. The molecule has 0 saturated carbocycles. The number of nitrogens with zero attached hydrogens (tertiary/aromatic N) is 3. The molecule has 0 aliphatic carbocycles. The van der Waals surface area contributed by atoms with E-state index in [0.29, 0.717) is 17.2 Å². The Labute approximate surface area is 188 Å². The van der Waals surface area contributed by atoms with E-state index < -0.39 is 0 Å². The maximum Gasteiger partial charge on any atom is 0.257 e. The van der Waals surface area contributed by atoms with Gasteiger partial charge in [0, 0.05) is 42.3 Å². The van der Waals surface area contributed by atoms with Gasteiger partial charge in [0.15, 0.2) is 0 Å². The van der Waals surface area contributed by atoms with Gasteiger partial charge in [-0.05, 0) is 63.6 Å². The molecule has 0 bridgehead atoms. The van der Waals surface area contributed by atoms with Crippen LogP contribution in [0, 0.1) is 11.3 Å². The Morgan fingerprint density at radius 2 is 2.06 bits per heavy atom. The van der Waals surface area contributed by atoms with Crippen molar-refractivity contribution in [3.63, 3.8) is 0 Å². The van der Waals surface area contributed by atoms with E-state index in [2.05, 4.69) is 18.9 Å². The molecule has 2 fully saturated rings. The minimum atomic E-state index is -0.319. The van der Waals surface area contributed by atoms with Crippen LogP contribution in [-0.2, 0) is 11.3 Å². The third-order valence-electron chi connectivity index (χ3n) is 7.45. The normalized spacial score (nSPS) is 26.1. The number of carbonyl (C=O) groups is 1. The summed E-state index contributed by atoms with van der Waals surface area (Å²) >= 11 is 6.27. The van der Waals surface area contributed by atoms with Crippen LogP contribution >= 0.6 is 11.6 Å². The quantitative estimate of drug-likeness (QED) is 0.673. The van der Waals surface area contributed by atoms with E-state index in [1.807, 2.05) is 36.2 Å². The standard InChI is InChI=1S/C24H30ClN3O3/c1-4-28-14-16(13-26-28)22(29)27-9-7-24(8-10-27)12-19-21(30-15-24)18-11-17(25)5-6-20(18)31-23(19,2)3/h5-6,11,13-14,19,21H,4,7-10,12,15H2,1-3H3/t19-,21+/m0/s1. The van der Waals surface area contributed by atoms with Crippen molar-refractivity contribution in [2.45, 2.75) is 58.3 Å². The molecule has 1 aromatic carbocycles. The van der Waals surface area contributed by atoms with Gasteiger partial charge in [0.25, 0.3) is 5.91 Å². The second kappa shape index (κ2) is 7.52. The second-order valence-corrected chi connectivity index (χ2v) is 10.2. The number of likely N-dealkylation sites (tertiary alicyclic amines) is 1. The van der Waals surface area contributed by atoms with E-state index >= 15 is 0 Å². The predicted octanol–water partition coefficient (Wildman–Crippen LogP) is 4.73. The number of ether oxygens (including phenoxy) is 2. The number of fused-ring (bicyclic) bond motifs is 3. The zero-order valence-electron chi connectivity index (χ0n) is 18.4. The number of aromatic nitrogens is 2. The Morgan fingerprint density at radius 1 is 1.29 bits per heavy atom. The molecule has 3 aliphatic rings. The Hall–Kier alpha value is -2.05. The summed E-state index contributed by atoms with van der Waals surface area (Å²) in [6.07, 6.45) is 6.44. The highest BCUT2D eigenvalue weighted by molar-refractivity contribution is 6.30. The van der Waals surface area contributed by atoms with Crippen LogP contribution in [0.25, 0.3) is 0 Å². The maximum atomic E-state index is 12.9. The summed E-state index contributed by atoms with van der Waals surface area (Å²) < 4.78 is 14.7. The molecule has 166 valence electrons. The lowest BCUT2D eigenvalue weighted by atomic mass is 9.64. The van der Waals surface area contributed by atoms with E-state index in [1.165, 1.54) is 0 Å². The minimum Gasteiger partial charge on any atom is -0.487 e. The summed E-state index contributed by atoms with van der Waals surface area (Å²) in [6, 6.07) is 5.81. The highest BCUT2D eigenvalue weighted by atomic mass is 35.5. The molecule has 5 rings (SSSR count). The third kappa shape index (κ3) is 3.64. The Balaban J connectivity index is 1.31. The molecular weight excluding hydrogens is 414 g/mol. The second-order valence-electron chi connectivity index (χ2n) is 9.81. The first-order chi connectivity index (χ1) is 14.8. The van der Waals surface area contributed by atoms with Crippen LogP contribution in [0.2, 0.25) is 5.02 Å². The van der Waals surface area contributed by atoms with Gasteiger partial charge in [0.2, 0.25) is 0 Å². The van der Waals surface area contributed by atoms with Gasteiger partial charge < -0.3 is 14.4 Å². The van der Waals surface area contributed by atoms with Gasteiger partial charge in [-0.15, -0.1) is 0 Å². The van der Waals surface area contributed by atoms with Crippen molar-refractivity contribution < 1.29 is 14.3 Å². The van der Waals surface area contributed by atoms with E-state index in [4.69, 9.17) is 21.1 Å². The lowest BCUT2D eigenvalue weighted by Gasteiger charge is -2.54. The first-order valence-corrected chi connectivity index (χ1v) is 11.6. The molecule has 7 heteroatoms. The molecule has 6 nitrogen and oxygen atoms in total. The topological polar surface area (TPSA) is 56.6 Å². The Morgan fingerprint density at radius 3 is 2.77 bits per heavy atom. The van der Waals surface area contributed by atoms with Gasteiger partial charge in [0.1, 0.15) is 11.4 Å². The van der Waals surface area contributed by atoms with Gasteiger partial charge in [0.05, 0.1) is 24.5 Å². The number of rotatable bonds is 2. The largest absolute Gasteiger partial charge is 0.487 e. The molecule has 2 atom stereocenters. The summed E-state index contributed by atoms with van der Waals surface area (Å²) in [7, 11) is 0. The molecule has 2 aromatic rings. The lowest BCUT2D eigenvalue weighted by Crippen LogP contribution is -2.54.